The Morgan fingerprint density at radius 1 is 0.769 bits per heavy atom. The number of alkyl carbamates (subject to hydrolysis) is 1. The standard InChI is InChI=1S/C76H105N11O21/c1-41(2)36-48(77)64(95)85-56(43(4)89)68(99)87-35-23-31-51(87)67(98)83-49(30-22-34-81-71(78)79)66(97)84-50(39-88)65(96)80-32-20-9-10-21-33-82-72(102)106-59-55-42(3)52(105-70(101)58(92)57(45-24-14-11-15-25-45)86-63(94)46-26-16-12-17-27-46)38-76(103,73(55,6)7)62(107-69(100)47-28-18-13-19-29-47)60-74(8,61(59)93)53(91)37-54-75(60,40-104-54)108-44(5)90/h11-19,24-29,41-43,48-54,56-58,60,62,88-89,91-92,103H,9-10,20-23,30-40,77H2,1-8H3,(H,80,96)(H,82,102)(H,83,98)(H,84,97)(H,85,95)(H,86,94)(H4,78,79,81)/t42?,43?,48?,49?,50?,51?,52-,53-,54+,56?,57-,58+,60-,62-,74+,75-,76+/m0/s1. The van der Waals surface area contributed by atoms with Crippen LogP contribution in [-0.2, 0) is 62.0 Å². The monoisotopic (exact) mass is 1510 g/mol. The number of nitrogens with zero attached hydrogens (tertiary/aromatic N) is 2. The molecule has 7 amide bonds. The molecule has 2 aliphatic heterocycles. The first-order chi connectivity index (χ1) is 51.1. The molecule has 2 bridgehead atoms. The van der Waals surface area contributed by atoms with Crippen LogP contribution in [0.25, 0.3) is 0 Å². The van der Waals surface area contributed by atoms with Crippen LogP contribution >= 0.6 is 0 Å². The van der Waals surface area contributed by atoms with Crippen molar-refractivity contribution >= 4 is 71.2 Å². The molecule has 0 aromatic heterocycles. The number of esters is 3. The van der Waals surface area contributed by atoms with Gasteiger partial charge in [0.2, 0.25) is 35.3 Å². The topological polar surface area (TPSA) is 501 Å². The molecule has 7 unspecified atom stereocenters. The van der Waals surface area contributed by atoms with Crippen LogP contribution in [0, 0.1) is 28.6 Å². The van der Waals surface area contributed by atoms with E-state index in [1.54, 1.807) is 66.7 Å². The van der Waals surface area contributed by atoms with Crippen LogP contribution in [0.5, 0.6) is 0 Å². The summed E-state index contributed by atoms with van der Waals surface area (Å²) in [6.45, 7) is 10.9. The summed E-state index contributed by atoms with van der Waals surface area (Å²) in [4.78, 5) is 161. The molecule has 32 nitrogen and oxygen atoms in total. The number of ether oxygens (including phenoxy) is 5. The van der Waals surface area contributed by atoms with Crippen LogP contribution in [0.1, 0.15) is 158 Å². The third-order valence-corrected chi connectivity index (χ3v) is 21.4. The minimum atomic E-state index is -2.55. The van der Waals surface area contributed by atoms with Crippen molar-refractivity contribution in [2.24, 2.45) is 50.8 Å². The van der Waals surface area contributed by atoms with Crippen LogP contribution in [0.3, 0.4) is 0 Å². The fourth-order valence-corrected chi connectivity index (χ4v) is 15.6. The molecule has 2 saturated heterocycles. The quantitative estimate of drug-likeness (QED) is 0.0133. The number of allylic oxidation sites excluding steroid dienone is 1. The van der Waals surface area contributed by atoms with Gasteiger partial charge in [0.25, 0.3) is 5.91 Å². The lowest BCUT2D eigenvalue weighted by Crippen LogP contribution is -2.81. The number of fused-ring (bicyclic) bond motifs is 5. The lowest BCUT2D eigenvalue weighted by Gasteiger charge is -2.67. The van der Waals surface area contributed by atoms with E-state index in [1.807, 2.05) is 13.8 Å². The Balaban J connectivity index is 0.971. The summed E-state index contributed by atoms with van der Waals surface area (Å²) in [6, 6.07) is 16.0. The van der Waals surface area contributed by atoms with Gasteiger partial charge in [0.15, 0.2) is 23.4 Å². The van der Waals surface area contributed by atoms with E-state index < -0.39 is 197 Å². The predicted molar refractivity (Wildman–Crippen MR) is 388 cm³/mol. The van der Waals surface area contributed by atoms with Crippen LogP contribution in [0.15, 0.2) is 107 Å². The Morgan fingerprint density at radius 3 is 1.97 bits per heavy atom. The van der Waals surface area contributed by atoms with Gasteiger partial charge in [0, 0.05) is 62.8 Å². The maximum Gasteiger partial charge on any atom is 0.412 e. The molecule has 5 aliphatic rings. The number of carbonyl (C=O) groups excluding carboxylic acids is 11. The number of benzene rings is 3. The van der Waals surface area contributed by atoms with Crippen molar-refractivity contribution in [2.75, 3.05) is 39.4 Å². The van der Waals surface area contributed by atoms with Gasteiger partial charge in [-0.05, 0) is 100 Å². The molecule has 2 heterocycles. The van der Waals surface area contributed by atoms with Crippen molar-refractivity contribution in [3.05, 3.63) is 119 Å². The Morgan fingerprint density at radius 2 is 1.39 bits per heavy atom. The highest BCUT2D eigenvalue weighted by molar-refractivity contribution is 6.02. The highest BCUT2D eigenvalue weighted by atomic mass is 16.6. The number of carbonyl (C=O) groups is 11. The number of guanidine groups is 1. The number of nitrogens with two attached hydrogens (primary N) is 3. The van der Waals surface area contributed by atoms with Gasteiger partial charge >= 0.3 is 24.0 Å². The van der Waals surface area contributed by atoms with Crippen molar-refractivity contribution in [1.29, 1.82) is 0 Å². The van der Waals surface area contributed by atoms with Gasteiger partial charge in [-0.2, -0.15) is 0 Å². The zero-order valence-corrected chi connectivity index (χ0v) is 62.2. The number of hydrogen-bond donors (Lipinski definition) is 14. The molecule has 3 aliphatic carbocycles. The number of nitrogens with one attached hydrogen (secondary N) is 6. The number of hydrogen-bond acceptors (Lipinski definition) is 23. The molecule has 108 heavy (non-hydrogen) atoms. The van der Waals surface area contributed by atoms with Crippen LogP contribution < -0.4 is 49.1 Å². The van der Waals surface area contributed by atoms with E-state index in [0.29, 0.717) is 44.1 Å². The van der Waals surface area contributed by atoms with Crippen LogP contribution in [0.2, 0.25) is 0 Å². The number of rotatable bonds is 33. The van der Waals surface area contributed by atoms with Crippen LogP contribution in [-0.4, -0.2) is 219 Å². The van der Waals surface area contributed by atoms with Crippen molar-refractivity contribution in [3.8, 4) is 0 Å². The zero-order chi connectivity index (χ0) is 79.2. The number of aliphatic imine (C=N–C) groups is 1. The average molecular weight is 1510 g/mol. The van der Waals surface area contributed by atoms with E-state index >= 15 is 4.79 Å². The molecule has 0 spiro atoms. The minimum Gasteiger partial charge on any atom is -0.460 e. The number of unbranched alkanes of at least 4 members (excludes halogenated alkanes) is 3. The van der Waals surface area contributed by atoms with Gasteiger partial charge in [-0.25, -0.2) is 14.4 Å². The Bertz CT molecular complexity index is 3790. The van der Waals surface area contributed by atoms with E-state index in [1.165, 1.54) is 63.8 Å². The van der Waals surface area contributed by atoms with E-state index in [0.717, 1.165) is 6.92 Å². The molecule has 590 valence electrons. The molecule has 3 aromatic rings. The number of ketones is 1. The lowest BCUT2D eigenvalue weighted by molar-refractivity contribution is -0.345. The molecule has 3 aromatic carbocycles. The van der Waals surface area contributed by atoms with Gasteiger partial charge < -0.3 is 103 Å². The number of likely N-dealkylation sites (tertiary alicyclic amines) is 1. The Kier molecular flexibility index (Phi) is 28.6. The third kappa shape index (κ3) is 19.0. The fourth-order valence-electron chi connectivity index (χ4n) is 15.6. The summed E-state index contributed by atoms with van der Waals surface area (Å²) >= 11 is 0. The summed E-state index contributed by atoms with van der Waals surface area (Å²) in [5, 5.41) is 75.5. The molecular weight excluding hydrogens is 1400 g/mol. The van der Waals surface area contributed by atoms with Crippen molar-refractivity contribution in [2.45, 2.75) is 210 Å². The first-order valence-electron chi connectivity index (χ1n) is 36.7. The Labute approximate surface area is 626 Å². The number of aliphatic hydroxyl groups is 5. The Hall–Kier alpha value is -9.44. The smallest absolute Gasteiger partial charge is 0.412 e. The summed E-state index contributed by atoms with van der Waals surface area (Å²) in [5.41, 5.74) is 8.89. The first-order valence-corrected chi connectivity index (χ1v) is 36.7. The molecule has 32 heteroatoms. The van der Waals surface area contributed by atoms with Crippen molar-refractivity contribution in [1.82, 2.24) is 36.8 Å². The number of amides is 7. The second kappa shape index (κ2) is 36.6. The SMILES string of the molecule is CC(=O)O[C@@]12CO[C@@H]1C[C@H](O)[C@@]1(C)C(=O)C(OC(=O)NCCCCCCNC(=O)C(CO)NC(=O)C(CCCN=C(N)N)NC(=O)C3CCCN3C(=O)C(NC(=O)C(N)CC(C)C)C(C)O)=C3C(C)[C@@H](OC(=O)[C@H](O)[C@@H](NC(=O)c4ccccc4)c4ccccc4)C[C@@](O)([C@@H](OC(=O)c4ccccc4)[C@H]21)C3(C)C. The minimum absolute atomic E-state index is 0.00107. The lowest BCUT2D eigenvalue weighted by atomic mass is 9.45. The van der Waals surface area contributed by atoms with Gasteiger partial charge in [-0.1, -0.05) is 114 Å². The molecule has 4 fully saturated rings. The van der Waals surface area contributed by atoms with Gasteiger partial charge in [-0.3, -0.25) is 43.3 Å². The summed E-state index contributed by atoms with van der Waals surface area (Å²) in [7, 11) is 0. The molecule has 8 rings (SSSR count). The maximum absolute atomic E-state index is 16.2. The van der Waals surface area contributed by atoms with Gasteiger partial charge in [0.05, 0.1) is 54.4 Å². The fraction of sp³-hybridized carbons (Fsp3) is 0.579. The highest BCUT2D eigenvalue weighted by Crippen LogP contribution is 2.65. The van der Waals surface area contributed by atoms with E-state index in [9.17, 15) is 73.5 Å². The third-order valence-electron chi connectivity index (χ3n) is 21.4. The van der Waals surface area contributed by atoms with Gasteiger partial charge in [0.1, 0.15) is 48.1 Å². The first kappa shape index (κ1) is 84.2. The van der Waals surface area contributed by atoms with E-state index in [-0.39, 0.29) is 80.4 Å². The predicted octanol–water partition coefficient (Wildman–Crippen LogP) is 1.03. The molecule has 17 atom stereocenters. The summed E-state index contributed by atoms with van der Waals surface area (Å²) in [5.74, 6) is -12.4. The average Bonchev–Trinajstić information content (AvgIpc) is 0.676. The number of aliphatic hydroxyl groups excluding tert-OH is 4. The molecule has 2 saturated carbocycles. The largest absolute Gasteiger partial charge is 0.460 e. The molecular formula is C76H105N11O21. The molecule has 0 radical (unpaired) electrons. The second-order valence-corrected chi connectivity index (χ2v) is 29.7. The van der Waals surface area contributed by atoms with E-state index in [4.69, 9.17) is 40.9 Å². The maximum atomic E-state index is 16.2. The number of Topliss-reactive ketones (excluding diaryl/α,β-unsaturated/α-hetero) is 1. The molecule has 17 N–H and O–H groups in total. The zero-order valence-electron chi connectivity index (χ0n) is 62.2. The van der Waals surface area contributed by atoms with E-state index in [2.05, 4.69) is 36.9 Å². The van der Waals surface area contributed by atoms with Gasteiger partial charge in [-0.15, -0.1) is 0 Å². The highest BCUT2D eigenvalue weighted by Gasteiger charge is 2.78. The summed E-state index contributed by atoms with van der Waals surface area (Å²) < 4.78 is 31.1. The van der Waals surface area contributed by atoms with Crippen LogP contribution in [0.4, 0.5) is 4.79 Å². The van der Waals surface area contributed by atoms with Crippen molar-refractivity contribution < 1.29 is 102 Å². The second-order valence-electron chi connectivity index (χ2n) is 29.7. The van der Waals surface area contributed by atoms with Crippen molar-refractivity contribution in [3.63, 3.8) is 0 Å². The summed E-state index contributed by atoms with van der Waals surface area (Å²) in [6.07, 6.45) is -9.54. The normalized spacial score (nSPS) is 26.0.